The van der Waals surface area contributed by atoms with E-state index in [1.165, 1.54) is 0 Å². The number of aliphatic imine (C=N–C) groups is 1. The number of hydrogen-bond acceptors (Lipinski definition) is 6. The monoisotopic (exact) mass is 325 g/mol. The Morgan fingerprint density at radius 1 is 1.32 bits per heavy atom. The summed E-state index contributed by atoms with van der Waals surface area (Å²) in [7, 11) is 1.07. The second kappa shape index (κ2) is 7.05. The maximum absolute atomic E-state index is 11.2. The van der Waals surface area contributed by atoms with E-state index in [0.29, 0.717) is 0 Å². The van der Waals surface area contributed by atoms with Crippen LogP contribution in [0.15, 0.2) is 17.1 Å². The average Bonchev–Trinajstić information content (AvgIpc) is 2.47. The first-order valence-corrected chi connectivity index (χ1v) is 5.81. The molecular formula is C12H8ClN3O6. The summed E-state index contributed by atoms with van der Waals surface area (Å²) >= 11 is 5.92. The van der Waals surface area contributed by atoms with Gasteiger partial charge in [-0.05, 0) is 12.1 Å². The van der Waals surface area contributed by atoms with Crippen molar-refractivity contribution >= 4 is 46.7 Å². The molecule has 0 spiro atoms. The molecule has 114 valence electrons. The lowest BCUT2D eigenvalue weighted by molar-refractivity contribution is -0.147. The summed E-state index contributed by atoms with van der Waals surface area (Å²) in [4.78, 5) is 36.1. The Hall–Kier alpha value is -3.12. The number of hydrogen-bond donors (Lipinski definition) is 3. The van der Waals surface area contributed by atoms with Crippen LogP contribution in [0.2, 0.25) is 5.02 Å². The first-order valence-electron chi connectivity index (χ1n) is 5.44. The van der Waals surface area contributed by atoms with E-state index in [1.807, 2.05) is 5.32 Å². The number of rotatable bonds is 2. The van der Waals surface area contributed by atoms with E-state index >= 15 is 0 Å². The minimum Gasteiger partial charge on any atom is -0.476 e. The Kier molecular flexibility index (Phi) is 5.43. The van der Waals surface area contributed by atoms with Gasteiger partial charge in [0.2, 0.25) is 0 Å². The first kappa shape index (κ1) is 16.9. The number of anilines is 1. The van der Waals surface area contributed by atoms with Crippen LogP contribution in [-0.2, 0) is 19.1 Å². The van der Waals surface area contributed by atoms with Crippen LogP contribution in [-0.4, -0.2) is 41.1 Å². The minimum atomic E-state index is -1.76. The van der Waals surface area contributed by atoms with Crippen molar-refractivity contribution in [2.75, 3.05) is 12.4 Å². The third kappa shape index (κ3) is 3.94. The van der Waals surface area contributed by atoms with Gasteiger partial charge in [0.1, 0.15) is 0 Å². The molecule has 0 saturated heterocycles. The number of ether oxygens (including phenoxy) is 1. The van der Waals surface area contributed by atoms with E-state index < -0.39 is 23.7 Å². The molecule has 22 heavy (non-hydrogen) atoms. The molecule has 0 aliphatic rings. The Morgan fingerprint density at radius 2 is 1.95 bits per heavy atom. The van der Waals surface area contributed by atoms with Crippen LogP contribution in [0.3, 0.4) is 0 Å². The molecule has 0 aliphatic heterocycles. The Bertz CT molecular complexity index is 722. The second-order valence-corrected chi connectivity index (χ2v) is 4.03. The molecule has 1 aromatic rings. The Labute approximate surface area is 128 Å². The molecule has 9 nitrogen and oxygen atoms in total. The van der Waals surface area contributed by atoms with E-state index in [-0.39, 0.29) is 22.0 Å². The molecule has 0 aromatic heterocycles. The number of carboxylic acid groups (broad SMARTS) is 2. The predicted molar refractivity (Wildman–Crippen MR) is 74.2 cm³/mol. The van der Waals surface area contributed by atoms with Crippen LogP contribution in [0.25, 0.3) is 0 Å². The zero-order valence-electron chi connectivity index (χ0n) is 11.0. The largest absolute Gasteiger partial charge is 0.476 e. The van der Waals surface area contributed by atoms with Gasteiger partial charge in [-0.25, -0.2) is 14.6 Å². The highest BCUT2D eigenvalue weighted by Crippen LogP contribution is 2.34. The quantitative estimate of drug-likeness (QED) is 0.417. The number of nitriles is 1. The molecule has 1 amide bonds. The highest BCUT2D eigenvalue weighted by Gasteiger charge is 2.18. The topological polar surface area (TPSA) is 149 Å². The number of carbonyl (C=O) groups excluding carboxylic acids is 1. The minimum absolute atomic E-state index is 0.0234. The molecule has 0 saturated carbocycles. The molecule has 0 radical (unpaired) electrons. The van der Waals surface area contributed by atoms with Crippen molar-refractivity contribution in [2.45, 2.75) is 0 Å². The van der Waals surface area contributed by atoms with Crippen LogP contribution in [0.5, 0.6) is 0 Å². The molecule has 1 aromatic carbocycles. The zero-order chi connectivity index (χ0) is 16.9. The van der Waals surface area contributed by atoms with E-state index in [2.05, 4.69) is 9.73 Å². The van der Waals surface area contributed by atoms with Gasteiger partial charge in [-0.2, -0.15) is 5.26 Å². The molecule has 0 bridgehead atoms. The van der Waals surface area contributed by atoms with Crippen molar-refractivity contribution in [3.63, 3.8) is 0 Å². The third-order valence-corrected chi connectivity index (χ3v) is 2.62. The average molecular weight is 326 g/mol. The van der Waals surface area contributed by atoms with Gasteiger partial charge in [-0.3, -0.25) is 4.79 Å². The zero-order valence-corrected chi connectivity index (χ0v) is 11.7. The van der Waals surface area contributed by atoms with Crippen molar-refractivity contribution in [3.05, 3.63) is 22.7 Å². The highest BCUT2D eigenvalue weighted by atomic mass is 35.5. The smallest absolute Gasteiger partial charge is 0.394 e. The lowest BCUT2D eigenvalue weighted by atomic mass is 10.2. The molecule has 0 fully saturated rings. The first-order chi connectivity index (χ1) is 10.3. The third-order valence-electron chi connectivity index (χ3n) is 2.22. The number of benzene rings is 1. The van der Waals surface area contributed by atoms with Crippen LogP contribution in [0.4, 0.5) is 11.4 Å². The molecular weight excluding hydrogens is 318 g/mol. The molecule has 0 aliphatic carbocycles. The predicted octanol–water partition coefficient (Wildman–Crippen LogP) is 0.996. The van der Waals surface area contributed by atoms with Gasteiger partial charge in [-0.1, -0.05) is 11.6 Å². The summed E-state index contributed by atoms with van der Waals surface area (Å²) in [5, 5.41) is 28.0. The number of methoxy groups -OCH3 is 1. The fourth-order valence-electron chi connectivity index (χ4n) is 1.31. The van der Waals surface area contributed by atoms with Crippen molar-refractivity contribution in [2.24, 2.45) is 4.99 Å². The summed E-state index contributed by atoms with van der Waals surface area (Å²) in [5.41, 5.74) is -0.405. The van der Waals surface area contributed by atoms with Gasteiger partial charge in [0, 0.05) is 0 Å². The molecule has 10 heteroatoms. The summed E-state index contributed by atoms with van der Waals surface area (Å²) < 4.78 is 4.53. The maximum Gasteiger partial charge on any atom is 0.394 e. The van der Waals surface area contributed by atoms with E-state index in [9.17, 15) is 14.4 Å². The fourth-order valence-corrected chi connectivity index (χ4v) is 1.51. The molecule has 1 rings (SSSR count). The molecule has 0 unspecified atom stereocenters. The van der Waals surface area contributed by atoms with Gasteiger partial charge in [0.15, 0.2) is 0 Å². The van der Waals surface area contributed by atoms with Gasteiger partial charge < -0.3 is 20.3 Å². The summed E-state index contributed by atoms with van der Waals surface area (Å²) in [6.45, 7) is 0. The van der Waals surface area contributed by atoms with E-state index in [4.69, 9.17) is 27.1 Å². The van der Waals surface area contributed by atoms with E-state index in [1.54, 1.807) is 6.07 Å². The number of aliphatic carboxylic acids is 2. The Balaban J connectivity index is 3.41. The van der Waals surface area contributed by atoms with Crippen molar-refractivity contribution in [1.29, 1.82) is 5.26 Å². The number of carboxylic acids is 2. The maximum atomic E-state index is 11.2. The highest BCUT2D eigenvalue weighted by molar-refractivity contribution is 6.40. The molecule has 0 heterocycles. The SMILES string of the molecule is COC(=Nc1cc(C#N)cc(NC(=O)C(=O)O)c1Cl)C(=O)O. The number of amides is 1. The standard InChI is InChI=1S/C12H8ClN3O6/c1-22-10(12(20)21)16-7-3-5(4-14)2-6(8(7)13)15-9(17)11(18)19/h2-3H,1H3,(H,15,17)(H,18,19)(H,20,21). The number of carbonyl (C=O) groups is 3. The fraction of sp³-hybridized carbons (Fsp3) is 0.0833. The second-order valence-electron chi connectivity index (χ2n) is 3.65. The lowest BCUT2D eigenvalue weighted by Crippen LogP contribution is -2.22. The van der Waals surface area contributed by atoms with Gasteiger partial charge in [0.25, 0.3) is 0 Å². The van der Waals surface area contributed by atoms with Gasteiger partial charge in [0.05, 0.1) is 35.1 Å². The summed E-state index contributed by atoms with van der Waals surface area (Å²) in [6, 6.07) is 4.02. The molecule has 0 atom stereocenters. The van der Waals surface area contributed by atoms with Gasteiger partial charge in [-0.15, -0.1) is 0 Å². The van der Waals surface area contributed by atoms with Crippen LogP contribution in [0.1, 0.15) is 5.56 Å². The normalized spacial score (nSPS) is 10.5. The summed E-state index contributed by atoms with van der Waals surface area (Å²) in [6.07, 6.45) is 0. The van der Waals surface area contributed by atoms with Crippen molar-refractivity contribution in [1.82, 2.24) is 0 Å². The van der Waals surface area contributed by atoms with Crippen molar-refractivity contribution < 1.29 is 29.3 Å². The lowest BCUT2D eigenvalue weighted by Gasteiger charge is -2.08. The number of nitrogens with one attached hydrogen (secondary N) is 1. The van der Waals surface area contributed by atoms with Crippen LogP contribution >= 0.6 is 11.6 Å². The van der Waals surface area contributed by atoms with Crippen LogP contribution < -0.4 is 5.32 Å². The number of halogens is 1. The summed E-state index contributed by atoms with van der Waals surface area (Å²) in [5.74, 6) is -5.31. The number of nitrogens with zero attached hydrogens (tertiary/aromatic N) is 2. The molecule has 3 N–H and O–H groups in total. The van der Waals surface area contributed by atoms with Crippen LogP contribution in [0, 0.1) is 11.3 Å². The Morgan fingerprint density at radius 3 is 2.41 bits per heavy atom. The van der Waals surface area contributed by atoms with Gasteiger partial charge >= 0.3 is 23.7 Å². The van der Waals surface area contributed by atoms with E-state index in [0.717, 1.165) is 19.2 Å². The van der Waals surface area contributed by atoms with Crippen molar-refractivity contribution in [3.8, 4) is 6.07 Å².